The average molecular weight is 334 g/mol. The molecule has 0 fully saturated rings. The first-order valence-electron chi connectivity index (χ1n) is 8.35. The fourth-order valence-corrected chi connectivity index (χ4v) is 2.86. The van der Waals surface area contributed by atoms with Gasteiger partial charge in [-0.1, -0.05) is 30.3 Å². The molecule has 0 atom stereocenters. The van der Waals surface area contributed by atoms with Crippen LogP contribution in [0.5, 0.6) is 0 Å². The highest BCUT2D eigenvalue weighted by molar-refractivity contribution is 6.01. The summed E-state index contributed by atoms with van der Waals surface area (Å²) in [5.74, 6) is -0.0982. The van der Waals surface area contributed by atoms with Crippen LogP contribution in [-0.2, 0) is 6.54 Å². The normalized spacial score (nSPS) is 10.7. The fraction of sp³-hybridized carbons (Fsp3) is 0.250. The molecule has 3 aromatic rings. The van der Waals surface area contributed by atoms with Crippen molar-refractivity contribution < 1.29 is 4.79 Å². The van der Waals surface area contributed by atoms with Crippen LogP contribution in [0.4, 0.5) is 0 Å². The van der Waals surface area contributed by atoms with Crippen LogP contribution in [0.25, 0.3) is 11.1 Å². The zero-order chi connectivity index (χ0) is 17.8. The van der Waals surface area contributed by atoms with Crippen molar-refractivity contribution in [3.05, 3.63) is 71.6 Å². The van der Waals surface area contributed by atoms with Gasteiger partial charge in [0.2, 0.25) is 0 Å². The highest BCUT2D eigenvalue weighted by Crippen LogP contribution is 2.24. The summed E-state index contributed by atoms with van der Waals surface area (Å²) in [4.78, 5) is 21.3. The molecule has 0 saturated heterocycles. The van der Waals surface area contributed by atoms with Gasteiger partial charge in [0.15, 0.2) is 0 Å². The van der Waals surface area contributed by atoms with E-state index in [9.17, 15) is 4.79 Å². The molecule has 128 valence electrons. The largest absolute Gasteiger partial charge is 0.350 e. The van der Waals surface area contributed by atoms with Crippen molar-refractivity contribution in [2.75, 3.05) is 6.54 Å². The Bertz CT molecular complexity index is 884. The minimum absolute atomic E-state index is 0.0982. The summed E-state index contributed by atoms with van der Waals surface area (Å²) in [5, 5.41) is 3.01. The molecule has 1 N–H and O–H groups in total. The number of hydrogen-bond donors (Lipinski definition) is 1. The van der Waals surface area contributed by atoms with E-state index in [0.29, 0.717) is 18.7 Å². The van der Waals surface area contributed by atoms with Crippen molar-refractivity contribution in [3.63, 3.8) is 0 Å². The zero-order valence-electron chi connectivity index (χ0n) is 14.8. The summed E-state index contributed by atoms with van der Waals surface area (Å²) in [6.45, 7) is 7.11. The van der Waals surface area contributed by atoms with Gasteiger partial charge in [-0.05, 0) is 38.0 Å². The number of rotatable bonds is 5. The maximum Gasteiger partial charge on any atom is 0.253 e. The van der Waals surface area contributed by atoms with Crippen molar-refractivity contribution in [2.45, 2.75) is 27.3 Å². The van der Waals surface area contributed by atoms with Crippen LogP contribution in [0.1, 0.15) is 27.4 Å². The molecule has 0 spiro atoms. The second-order valence-electron chi connectivity index (χ2n) is 6.05. The quantitative estimate of drug-likeness (QED) is 0.779. The van der Waals surface area contributed by atoms with E-state index in [1.807, 2.05) is 68.1 Å². The van der Waals surface area contributed by atoms with Crippen molar-refractivity contribution >= 4 is 5.91 Å². The van der Waals surface area contributed by atoms with Gasteiger partial charge in [0.1, 0.15) is 0 Å². The molecule has 5 heteroatoms. The number of aromatic nitrogens is 3. The monoisotopic (exact) mass is 334 g/mol. The molecule has 0 saturated carbocycles. The number of amides is 1. The number of hydrogen-bond acceptors (Lipinski definition) is 3. The molecule has 2 aromatic heterocycles. The van der Waals surface area contributed by atoms with Crippen LogP contribution in [0, 0.1) is 20.8 Å². The highest BCUT2D eigenvalue weighted by atomic mass is 16.1. The third-order valence-electron chi connectivity index (χ3n) is 4.44. The number of imidazole rings is 1. The van der Waals surface area contributed by atoms with E-state index in [1.165, 1.54) is 0 Å². The summed E-state index contributed by atoms with van der Waals surface area (Å²) in [6.07, 6.45) is 3.55. The smallest absolute Gasteiger partial charge is 0.253 e. The molecule has 1 amide bonds. The molecular weight excluding hydrogens is 312 g/mol. The van der Waals surface area contributed by atoms with Crippen LogP contribution >= 0.6 is 0 Å². The zero-order valence-corrected chi connectivity index (χ0v) is 14.8. The van der Waals surface area contributed by atoms with Crippen molar-refractivity contribution in [1.82, 2.24) is 19.9 Å². The van der Waals surface area contributed by atoms with E-state index in [1.54, 1.807) is 6.20 Å². The van der Waals surface area contributed by atoms with Crippen LogP contribution in [0.15, 0.2) is 48.9 Å². The van der Waals surface area contributed by atoms with E-state index in [-0.39, 0.29) is 5.91 Å². The van der Waals surface area contributed by atoms with Gasteiger partial charge in [-0.3, -0.25) is 9.78 Å². The molecule has 0 aliphatic carbocycles. The van der Waals surface area contributed by atoms with Crippen LogP contribution < -0.4 is 5.32 Å². The van der Waals surface area contributed by atoms with Gasteiger partial charge in [-0.25, -0.2) is 4.98 Å². The lowest BCUT2D eigenvalue weighted by Gasteiger charge is -2.13. The van der Waals surface area contributed by atoms with Crippen LogP contribution in [0.3, 0.4) is 0 Å². The van der Waals surface area contributed by atoms with Gasteiger partial charge >= 0.3 is 0 Å². The molecule has 3 rings (SSSR count). The maximum atomic E-state index is 12.8. The number of pyridine rings is 1. The number of carbonyl (C=O) groups excluding carboxylic acids is 1. The van der Waals surface area contributed by atoms with Crippen LogP contribution in [0.2, 0.25) is 0 Å². The minimum atomic E-state index is -0.0982. The van der Waals surface area contributed by atoms with E-state index >= 15 is 0 Å². The molecule has 1 aromatic carbocycles. The summed E-state index contributed by atoms with van der Waals surface area (Å²) in [6, 6.07) is 11.8. The molecule has 5 nitrogen and oxygen atoms in total. The molecule has 0 aliphatic rings. The number of carbonyl (C=O) groups is 1. The number of nitrogens with one attached hydrogen (secondary N) is 1. The Morgan fingerprint density at radius 2 is 1.80 bits per heavy atom. The molecule has 0 aliphatic heterocycles. The first-order chi connectivity index (χ1) is 12.1. The SMILES string of the molecule is Cc1nccc(-c2ccccc2)c1C(=O)NCCn1cnc(C)c1C. The lowest BCUT2D eigenvalue weighted by molar-refractivity contribution is 0.0952. The number of aryl methyl sites for hydroxylation is 2. The Kier molecular flexibility index (Phi) is 4.93. The van der Waals surface area contributed by atoms with Gasteiger partial charge in [-0.15, -0.1) is 0 Å². The van der Waals surface area contributed by atoms with E-state index < -0.39 is 0 Å². The maximum absolute atomic E-state index is 12.8. The number of benzene rings is 1. The summed E-state index contributed by atoms with van der Waals surface area (Å²) in [5.41, 5.74) is 5.41. The van der Waals surface area contributed by atoms with Crippen molar-refractivity contribution in [2.24, 2.45) is 0 Å². The van der Waals surface area contributed by atoms with Gasteiger partial charge in [0.25, 0.3) is 5.91 Å². The molecular formula is C20H22N4O. The Morgan fingerprint density at radius 3 is 2.48 bits per heavy atom. The Hall–Kier alpha value is -2.95. The summed E-state index contributed by atoms with van der Waals surface area (Å²) >= 11 is 0. The van der Waals surface area contributed by atoms with Gasteiger partial charge in [-0.2, -0.15) is 0 Å². The predicted octanol–water partition coefficient (Wildman–Crippen LogP) is 3.30. The summed E-state index contributed by atoms with van der Waals surface area (Å²) in [7, 11) is 0. The molecule has 25 heavy (non-hydrogen) atoms. The Balaban J connectivity index is 1.77. The molecule has 0 unspecified atom stereocenters. The summed E-state index contributed by atoms with van der Waals surface area (Å²) < 4.78 is 2.05. The number of nitrogens with zero attached hydrogens (tertiary/aromatic N) is 3. The lowest BCUT2D eigenvalue weighted by Crippen LogP contribution is -2.28. The molecule has 0 bridgehead atoms. The van der Waals surface area contributed by atoms with Gasteiger partial charge in [0.05, 0.1) is 23.3 Å². The van der Waals surface area contributed by atoms with Gasteiger partial charge < -0.3 is 9.88 Å². The second kappa shape index (κ2) is 7.30. The minimum Gasteiger partial charge on any atom is -0.350 e. The third kappa shape index (κ3) is 3.60. The van der Waals surface area contributed by atoms with E-state index in [0.717, 1.165) is 28.2 Å². The van der Waals surface area contributed by atoms with Crippen molar-refractivity contribution in [1.29, 1.82) is 0 Å². The lowest BCUT2D eigenvalue weighted by atomic mass is 9.99. The van der Waals surface area contributed by atoms with E-state index in [2.05, 4.69) is 15.3 Å². The first-order valence-corrected chi connectivity index (χ1v) is 8.35. The third-order valence-corrected chi connectivity index (χ3v) is 4.44. The van der Waals surface area contributed by atoms with Crippen molar-refractivity contribution in [3.8, 4) is 11.1 Å². The Morgan fingerprint density at radius 1 is 1.04 bits per heavy atom. The first kappa shape index (κ1) is 16.9. The predicted molar refractivity (Wildman–Crippen MR) is 98.4 cm³/mol. The Labute approximate surface area is 147 Å². The highest BCUT2D eigenvalue weighted by Gasteiger charge is 2.16. The van der Waals surface area contributed by atoms with E-state index in [4.69, 9.17) is 0 Å². The average Bonchev–Trinajstić information content (AvgIpc) is 2.94. The van der Waals surface area contributed by atoms with Gasteiger partial charge in [0, 0.05) is 25.0 Å². The molecule has 2 heterocycles. The molecule has 0 radical (unpaired) electrons. The topological polar surface area (TPSA) is 59.8 Å². The second-order valence-corrected chi connectivity index (χ2v) is 6.05. The van der Waals surface area contributed by atoms with Crippen LogP contribution in [-0.4, -0.2) is 27.0 Å². The standard InChI is InChI=1S/C20H22N4O/c1-14-16(3)24(13-23-14)12-11-22-20(25)19-15(2)21-10-9-18(19)17-7-5-4-6-8-17/h4-10,13H,11-12H2,1-3H3,(H,22,25). The fourth-order valence-electron chi connectivity index (χ4n) is 2.86.